The number of benzene rings is 5. The van der Waals surface area contributed by atoms with Gasteiger partial charge >= 0.3 is 0 Å². The van der Waals surface area contributed by atoms with Crippen molar-refractivity contribution in [1.82, 2.24) is 0 Å². The van der Waals surface area contributed by atoms with Crippen molar-refractivity contribution in [3.8, 4) is 58.7 Å². The average molecular weight is 1390 g/mol. The van der Waals surface area contributed by atoms with Crippen molar-refractivity contribution in [3.05, 3.63) is 141 Å². The molecular weight excluding hydrogens is 1250 g/mol. The Morgan fingerprint density at radius 2 is 0.598 bits per heavy atom. The molecule has 0 bridgehead atoms. The molecule has 0 aliphatic heterocycles. The normalized spacial score (nSPS) is 13.3. The fourth-order valence-corrected chi connectivity index (χ4v) is 13.4. The molecule has 0 radical (unpaired) electrons. The van der Waals surface area contributed by atoms with Gasteiger partial charge in [0, 0.05) is 39.4 Å². The van der Waals surface area contributed by atoms with Gasteiger partial charge in [-0.25, -0.2) is 0 Å². The Morgan fingerprint density at radius 3 is 0.951 bits per heavy atom. The minimum absolute atomic E-state index is 0.429. The molecule has 6 heteroatoms. The Labute approximate surface area is 625 Å². The predicted octanol–water partition coefficient (Wildman–Crippen LogP) is 27.9. The van der Waals surface area contributed by atoms with Crippen molar-refractivity contribution in [2.45, 2.75) is 301 Å². The molecular formula is C96H142O6. The first-order valence-corrected chi connectivity index (χ1v) is 41.8. The molecule has 5 rings (SSSR count). The van der Waals surface area contributed by atoms with E-state index in [0.717, 1.165) is 170 Å². The molecule has 0 saturated heterocycles. The zero-order valence-electron chi connectivity index (χ0n) is 66.7. The minimum atomic E-state index is 0.429. The number of rotatable bonds is 57. The number of aryl methyl sites for hydroxylation is 2. The quantitative estimate of drug-likeness (QED) is 0.0220. The maximum Gasteiger partial charge on any atom is 0.135 e. The lowest BCUT2D eigenvalue weighted by Crippen LogP contribution is -2.14. The molecule has 0 amide bonds. The molecule has 562 valence electrons. The lowest BCUT2D eigenvalue weighted by atomic mass is 9.99. The molecule has 0 aliphatic rings. The van der Waals surface area contributed by atoms with Gasteiger partial charge in [0.25, 0.3) is 0 Å². The first-order chi connectivity index (χ1) is 50.0. The van der Waals surface area contributed by atoms with Gasteiger partial charge in [0.05, 0.1) is 45.2 Å². The summed E-state index contributed by atoms with van der Waals surface area (Å²) in [4.78, 5) is 0. The van der Waals surface area contributed by atoms with Crippen LogP contribution in [-0.4, -0.2) is 39.6 Å². The predicted molar refractivity (Wildman–Crippen MR) is 441 cm³/mol. The largest absolute Gasteiger partial charge is 0.493 e. The third kappa shape index (κ3) is 33.5. The topological polar surface area (TPSA) is 55.4 Å². The van der Waals surface area contributed by atoms with Crippen LogP contribution in [0, 0.1) is 59.7 Å². The van der Waals surface area contributed by atoms with E-state index >= 15 is 0 Å². The van der Waals surface area contributed by atoms with Crippen LogP contribution in [0.25, 0.3) is 24.3 Å². The highest BCUT2D eigenvalue weighted by Gasteiger charge is 2.20. The molecule has 0 fully saturated rings. The average Bonchev–Trinajstić information content (AvgIpc) is 0.814. The number of hydrogen-bond donors (Lipinski definition) is 0. The van der Waals surface area contributed by atoms with E-state index in [0.29, 0.717) is 75.1 Å². The highest BCUT2D eigenvalue weighted by molar-refractivity contribution is 5.81. The lowest BCUT2D eigenvalue weighted by Gasteiger charge is -2.21. The smallest absolute Gasteiger partial charge is 0.135 e. The van der Waals surface area contributed by atoms with Crippen LogP contribution in [0.2, 0.25) is 0 Å². The minimum Gasteiger partial charge on any atom is -0.493 e. The maximum atomic E-state index is 7.16. The van der Waals surface area contributed by atoms with E-state index < -0.39 is 0 Å². The van der Waals surface area contributed by atoms with Gasteiger partial charge in [-0.1, -0.05) is 304 Å². The summed E-state index contributed by atoms with van der Waals surface area (Å²) in [6.45, 7) is 31.4. The zero-order chi connectivity index (χ0) is 73.2. The van der Waals surface area contributed by atoms with Crippen LogP contribution in [0.15, 0.2) is 91.0 Å². The first-order valence-electron chi connectivity index (χ1n) is 41.8. The Bertz CT molecular complexity index is 3170. The van der Waals surface area contributed by atoms with Gasteiger partial charge < -0.3 is 28.4 Å². The van der Waals surface area contributed by atoms with E-state index in [1.807, 2.05) is 0 Å². The van der Waals surface area contributed by atoms with Crippen molar-refractivity contribution >= 4 is 24.3 Å². The summed E-state index contributed by atoms with van der Waals surface area (Å²) in [5.74, 6) is 17.7. The van der Waals surface area contributed by atoms with E-state index in [1.54, 1.807) is 0 Å². The standard InChI is InChI=1S/C96H142O6/c1-14-27-41-77(21-8)70-97-91-63-64-92(98-71-78(22-9)42-28-15-2)86(65-91)59-60-88-68-96(102-75-82(26-13)46-32-19-6)90(69-95(88)101-74-81(25-12)45-31-18-5)62-61-89-67-93(99-72-79(23-10)43-29-16-3)87(66-94(89)100-73-80(24-11)44-30-17-4)58-57-85-55-53-84(54-56-85)48-40-38-36-34-33-35-37-39-47-83-51-49-76(20-7)50-52-83/h7,49-56,59-69,77-82H,14-19,21-48,70-75H2,1-6,8-13H3/b60-59+,62-61+. The fraction of sp³-hybridized carbons (Fsp3) is 0.604. The molecule has 6 atom stereocenters. The number of hydrogen-bond acceptors (Lipinski definition) is 6. The molecule has 6 unspecified atom stereocenters. The molecule has 0 heterocycles. The van der Waals surface area contributed by atoms with E-state index in [2.05, 4.69) is 216 Å². The second-order valence-corrected chi connectivity index (χ2v) is 29.7. The van der Waals surface area contributed by atoms with Crippen LogP contribution in [0.5, 0.6) is 34.5 Å². The van der Waals surface area contributed by atoms with Crippen LogP contribution >= 0.6 is 0 Å². The van der Waals surface area contributed by atoms with Gasteiger partial charge in [0.1, 0.15) is 34.5 Å². The summed E-state index contributed by atoms with van der Waals surface area (Å²) in [5.41, 5.74) is 9.45. The van der Waals surface area contributed by atoms with Crippen LogP contribution in [0.1, 0.15) is 339 Å². The molecule has 0 N–H and O–H groups in total. The van der Waals surface area contributed by atoms with E-state index in [1.165, 1.54) is 133 Å². The molecule has 0 aromatic heterocycles. The third-order valence-electron chi connectivity index (χ3n) is 21.3. The maximum absolute atomic E-state index is 7.16. The molecule has 102 heavy (non-hydrogen) atoms. The van der Waals surface area contributed by atoms with Crippen molar-refractivity contribution in [1.29, 1.82) is 0 Å². The summed E-state index contributed by atoms with van der Waals surface area (Å²) in [6, 6.07) is 32.7. The van der Waals surface area contributed by atoms with E-state index in [4.69, 9.17) is 34.8 Å². The Balaban J connectivity index is 1.58. The van der Waals surface area contributed by atoms with Crippen molar-refractivity contribution in [2.75, 3.05) is 39.6 Å². The fourth-order valence-electron chi connectivity index (χ4n) is 13.4. The van der Waals surface area contributed by atoms with E-state index in [-0.39, 0.29) is 0 Å². The molecule has 0 saturated carbocycles. The summed E-state index contributed by atoms with van der Waals surface area (Å²) in [5, 5.41) is 0. The third-order valence-corrected chi connectivity index (χ3v) is 21.3. The van der Waals surface area contributed by atoms with Crippen LogP contribution < -0.4 is 28.4 Å². The number of unbranched alkanes of at least 4 members (excludes halogenated alkanes) is 13. The summed E-state index contributed by atoms with van der Waals surface area (Å²) in [7, 11) is 0. The Hall–Kier alpha value is -6.50. The highest BCUT2D eigenvalue weighted by atomic mass is 16.5. The SMILES string of the molecule is C#Cc1ccc(CCCCCCCCCCc2ccc(C#Cc3cc(OCC(CC)CCCC)c(/C=C/c4cc(OCC(CC)CCCC)c(/C=C/c5cc(OCC(CC)CCCC)ccc5OCC(CC)CCCC)cc4OCC(CC)CCCC)cc3OCC(CC)CCCC)cc2)cc1. The highest BCUT2D eigenvalue weighted by Crippen LogP contribution is 2.38. The monoisotopic (exact) mass is 1390 g/mol. The van der Waals surface area contributed by atoms with Crippen LogP contribution in [-0.2, 0) is 12.8 Å². The van der Waals surface area contributed by atoms with Gasteiger partial charge in [-0.3, -0.25) is 0 Å². The Morgan fingerprint density at radius 1 is 0.294 bits per heavy atom. The molecule has 5 aromatic carbocycles. The van der Waals surface area contributed by atoms with Gasteiger partial charge in [-0.2, -0.15) is 0 Å². The second-order valence-electron chi connectivity index (χ2n) is 29.7. The molecule has 5 aromatic rings. The van der Waals surface area contributed by atoms with Crippen LogP contribution in [0.3, 0.4) is 0 Å². The van der Waals surface area contributed by atoms with Crippen LogP contribution in [0.4, 0.5) is 0 Å². The van der Waals surface area contributed by atoms with Gasteiger partial charge in [0.2, 0.25) is 0 Å². The molecule has 0 spiro atoms. The van der Waals surface area contributed by atoms with E-state index in [9.17, 15) is 0 Å². The van der Waals surface area contributed by atoms with Gasteiger partial charge in [-0.15, -0.1) is 6.42 Å². The summed E-state index contributed by atoms with van der Waals surface area (Å²) < 4.78 is 41.9. The number of terminal acetylenes is 1. The van der Waals surface area contributed by atoms with Gasteiger partial charge in [0.15, 0.2) is 0 Å². The Kier molecular flexibility index (Phi) is 45.0. The molecule has 6 nitrogen and oxygen atoms in total. The summed E-state index contributed by atoms with van der Waals surface area (Å²) >= 11 is 0. The first kappa shape index (κ1) is 86.1. The zero-order valence-corrected chi connectivity index (χ0v) is 66.7. The molecule has 0 aliphatic carbocycles. The van der Waals surface area contributed by atoms with Crippen molar-refractivity contribution in [2.24, 2.45) is 35.5 Å². The number of ether oxygens (including phenoxy) is 6. The van der Waals surface area contributed by atoms with Gasteiger partial charge in [-0.05, 0) is 172 Å². The lowest BCUT2D eigenvalue weighted by molar-refractivity contribution is 0.227. The van der Waals surface area contributed by atoms with Crippen molar-refractivity contribution < 1.29 is 28.4 Å². The summed E-state index contributed by atoms with van der Waals surface area (Å²) in [6.07, 6.45) is 54.4. The van der Waals surface area contributed by atoms with Crippen molar-refractivity contribution in [3.63, 3.8) is 0 Å². The second kappa shape index (κ2) is 53.3.